The Balaban J connectivity index is 1.96. The molecule has 3 heterocycles. The molecular formula is C32H38N2O6S. The standard InChI is InChI=1S/C32H38N2O6S/c1-8-32(6,30(37)38)16-23-26(29(36)31(3,4)5)24-15-22(40-17-25-33-19(2)18-41-25)13-14-34(24)27(23)28(35)20-9-11-21(39-7)12-10-20/h9-15,18,30,37-38H,8,16-17H2,1-7H3. The smallest absolute Gasteiger partial charge is 0.210 e. The van der Waals surface area contributed by atoms with E-state index in [2.05, 4.69) is 4.98 Å². The van der Waals surface area contributed by atoms with E-state index in [-0.39, 0.29) is 24.6 Å². The van der Waals surface area contributed by atoms with Gasteiger partial charge in [-0.2, -0.15) is 0 Å². The van der Waals surface area contributed by atoms with Gasteiger partial charge in [-0.05, 0) is 55.7 Å². The largest absolute Gasteiger partial charge is 0.497 e. The summed E-state index contributed by atoms with van der Waals surface area (Å²) in [6, 6.07) is 10.3. The molecule has 2 N–H and O–H groups in total. The molecule has 0 saturated heterocycles. The Hall–Kier alpha value is -3.53. The number of hydrogen-bond acceptors (Lipinski definition) is 8. The summed E-state index contributed by atoms with van der Waals surface area (Å²) < 4.78 is 13.0. The van der Waals surface area contributed by atoms with Crippen LogP contribution in [0.15, 0.2) is 48.0 Å². The monoisotopic (exact) mass is 578 g/mol. The number of aliphatic hydroxyl groups is 2. The van der Waals surface area contributed by atoms with E-state index in [9.17, 15) is 19.8 Å². The molecule has 1 aromatic carbocycles. The SMILES string of the molecule is CCC(C)(Cc1c(C(=O)C(C)(C)C)c2cc(OCc3nc(C)cs3)ccn2c1C(=O)c1ccc(OC)cc1)C(O)O. The second-order valence-electron chi connectivity index (χ2n) is 11.7. The molecule has 0 spiro atoms. The number of nitrogens with zero attached hydrogens (tertiary/aromatic N) is 2. The van der Waals surface area contributed by atoms with Gasteiger partial charge in [0.05, 0.1) is 18.3 Å². The van der Waals surface area contributed by atoms with Crippen molar-refractivity contribution < 1.29 is 29.3 Å². The lowest BCUT2D eigenvalue weighted by atomic mass is 9.76. The van der Waals surface area contributed by atoms with Gasteiger partial charge in [-0.1, -0.05) is 34.6 Å². The van der Waals surface area contributed by atoms with E-state index >= 15 is 0 Å². The zero-order valence-electron chi connectivity index (χ0n) is 24.6. The maximum absolute atomic E-state index is 14.2. The van der Waals surface area contributed by atoms with Crippen molar-refractivity contribution in [1.82, 2.24) is 9.38 Å². The van der Waals surface area contributed by atoms with Crippen molar-refractivity contribution in [3.8, 4) is 11.5 Å². The molecule has 4 rings (SSSR count). The van der Waals surface area contributed by atoms with Crippen molar-refractivity contribution in [1.29, 1.82) is 0 Å². The summed E-state index contributed by atoms with van der Waals surface area (Å²) in [6.45, 7) is 11.3. The lowest BCUT2D eigenvalue weighted by molar-refractivity contribution is -0.129. The number of carbonyl (C=O) groups excluding carboxylic acids is 2. The minimum Gasteiger partial charge on any atom is -0.497 e. The Bertz CT molecular complexity index is 1560. The molecule has 1 atom stereocenters. The number of ketones is 2. The lowest BCUT2D eigenvalue weighted by Gasteiger charge is -2.31. The van der Waals surface area contributed by atoms with Gasteiger partial charge < -0.3 is 24.1 Å². The summed E-state index contributed by atoms with van der Waals surface area (Å²) in [7, 11) is 1.56. The third-order valence-electron chi connectivity index (χ3n) is 7.53. The van der Waals surface area contributed by atoms with Gasteiger partial charge in [0.1, 0.15) is 23.1 Å². The van der Waals surface area contributed by atoms with Gasteiger partial charge in [0.25, 0.3) is 0 Å². The van der Waals surface area contributed by atoms with Gasteiger partial charge in [0.15, 0.2) is 12.1 Å². The van der Waals surface area contributed by atoms with Crippen LogP contribution in [0.1, 0.15) is 83.7 Å². The first-order valence-corrected chi connectivity index (χ1v) is 14.5. The predicted molar refractivity (Wildman–Crippen MR) is 159 cm³/mol. The average Bonchev–Trinajstić information content (AvgIpc) is 3.50. The number of ether oxygens (including phenoxy) is 2. The maximum Gasteiger partial charge on any atom is 0.210 e. The summed E-state index contributed by atoms with van der Waals surface area (Å²) in [5, 5.41) is 23.5. The van der Waals surface area contributed by atoms with Gasteiger partial charge in [-0.15, -0.1) is 11.3 Å². The molecule has 8 nitrogen and oxygen atoms in total. The van der Waals surface area contributed by atoms with Crippen LogP contribution >= 0.6 is 11.3 Å². The van der Waals surface area contributed by atoms with E-state index in [1.807, 2.05) is 40.0 Å². The molecule has 0 radical (unpaired) electrons. The number of aromatic nitrogens is 2. The van der Waals surface area contributed by atoms with Crippen LogP contribution in [0.4, 0.5) is 0 Å². The first-order chi connectivity index (χ1) is 19.3. The van der Waals surface area contributed by atoms with E-state index in [1.54, 1.807) is 61.0 Å². The molecule has 41 heavy (non-hydrogen) atoms. The van der Waals surface area contributed by atoms with Crippen LogP contribution < -0.4 is 9.47 Å². The molecule has 0 bridgehead atoms. The number of methoxy groups -OCH3 is 1. The third kappa shape index (κ3) is 6.22. The number of hydrogen-bond donors (Lipinski definition) is 2. The Morgan fingerprint density at radius 1 is 1.07 bits per heavy atom. The van der Waals surface area contributed by atoms with Gasteiger partial charge in [0.2, 0.25) is 5.78 Å². The van der Waals surface area contributed by atoms with Crippen molar-refractivity contribution in [2.24, 2.45) is 10.8 Å². The molecular weight excluding hydrogens is 540 g/mol. The number of carbonyl (C=O) groups is 2. The van der Waals surface area contributed by atoms with Crippen LogP contribution in [0, 0.1) is 17.8 Å². The number of thiazole rings is 1. The molecule has 0 aliphatic rings. The first kappa shape index (κ1) is 30.4. The second kappa shape index (κ2) is 11.8. The number of rotatable bonds is 11. The van der Waals surface area contributed by atoms with E-state index < -0.39 is 17.1 Å². The quantitative estimate of drug-likeness (QED) is 0.165. The molecule has 0 aliphatic heterocycles. The normalized spacial score (nSPS) is 13.4. The highest BCUT2D eigenvalue weighted by Gasteiger charge is 2.38. The molecule has 218 valence electrons. The maximum atomic E-state index is 14.2. The molecule has 9 heteroatoms. The Morgan fingerprint density at radius 2 is 1.76 bits per heavy atom. The van der Waals surface area contributed by atoms with Gasteiger partial charge >= 0.3 is 0 Å². The fourth-order valence-electron chi connectivity index (χ4n) is 4.72. The number of benzene rings is 1. The molecule has 3 aromatic heterocycles. The lowest BCUT2D eigenvalue weighted by Crippen LogP contribution is -2.35. The first-order valence-electron chi connectivity index (χ1n) is 13.6. The van der Waals surface area contributed by atoms with E-state index in [4.69, 9.17) is 9.47 Å². The number of pyridine rings is 1. The molecule has 0 amide bonds. The zero-order valence-corrected chi connectivity index (χ0v) is 25.5. The van der Waals surface area contributed by atoms with Crippen LogP contribution in [0.5, 0.6) is 11.5 Å². The van der Waals surface area contributed by atoms with Gasteiger partial charge in [0, 0.05) is 45.3 Å². The van der Waals surface area contributed by atoms with Gasteiger partial charge in [-0.3, -0.25) is 9.59 Å². The third-order valence-corrected chi connectivity index (χ3v) is 8.47. The number of Topliss-reactive ketones (excluding diaryl/α,β-unsaturated/α-hetero) is 1. The summed E-state index contributed by atoms with van der Waals surface area (Å²) >= 11 is 1.51. The molecule has 0 aliphatic carbocycles. The highest BCUT2D eigenvalue weighted by molar-refractivity contribution is 7.09. The Kier molecular flexibility index (Phi) is 8.73. The van der Waals surface area contributed by atoms with Crippen LogP contribution in [-0.2, 0) is 13.0 Å². The average molecular weight is 579 g/mol. The van der Waals surface area contributed by atoms with Crippen LogP contribution in [-0.4, -0.2) is 44.6 Å². The molecule has 1 unspecified atom stereocenters. The van der Waals surface area contributed by atoms with E-state index in [0.717, 1.165) is 10.7 Å². The van der Waals surface area contributed by atoms with Crippen molar-refractivity contribution in [3.63, 3.8) is 0 Å². The number of aliphatic hydroxyl groups excluding tert-OH is 1. The number of fused-ring (bicyclic) bond motifs is 1. The minimum absolute atomic E-state index is 0.103. The predicted octanol–water partition coefficient (Wildman–Crippen LogP) is 6.02. The molecule has 0 saturated carbocycles. The second-order valence-corrected chi connectivity index (χ2v) is 12.6. The molecule has 0 fully saturated rings. The van der Waals surface area contributed by atoms with E-state index in [1.165, 1.54) is 11.3 Å². The summed E-state index contributed by atoms with van der Waals surface area (Å²) in [6.07, 6.45) is 0.595. The van der Waals surface area contributed by atoms with Crippen LogP contribution in [0.25, 0.3) is 5.52 Å². The molecule has 4 aromatic rings. The van der Waals surface area contributed by atoms with Crippen LogP contribution in [0.3, 0.4) is 0 Å². The highest BCUT2D eigenvalue weighted by Crippen LogP contribution is 2.39. The van der Waals surface area contributed by atoms with Crippen molar-refractivity contribution in [2.75, 3.05) is 7.11 Å². The summed E-state index contributed by atoms with van der Waals surface area (Å²) in [5.41, 5.74) is 1.26. The fraction of sp³-hybridized carbons (Fsp3) is 0.406. The highest BCUT2D eigenvalue weighted by atomic mass is 32.1. The Morgan fingerprint density at radius 3 is 2.29 bits per heavy atom. The van der Waals surface area contributed by atoms with E-state index in [0.29, 0.717) is 45.8 Å². The Labute approximate surface area is 244 Å². The topological polar surface area (TPSA) is 110 Å². The number of aryl methyl sites for hydroxylation is 1. The summed E-state index contributed by atoms with van der Waals surface area (Å²) in [4.78, 5) is 32.7. The summed E-state index contributed by atoms with van der Waals surface area (Å²) in [5.74, 6) is 0.701. The minimum atomic E-state index is -1.65. The van der Waals surface area contributed by atoms with Crippen LogP contribution in [0.2, 0.25) is 0 Å². The van der Waals surface area contributed by atoms with Gasteiger partial charge in [-0.25, -0.2) is 4.98 Å². The fourth-order valence-corrected chi connectivity index (χ4v) is 5.40. The zero-order chi connectivity index (χ0) is 30.1. The van der Waals surface area contributed by atoms with Crippen molar-refractivity contribution in [3.05, 3.63) is 81.1 Å². The van der Waals surface area contributed by atoms with Crippen molar-refractivity contribution >= 4 is 28.4 Å². The van der Waals surface area contributed by atoms with Crippen molar-refractivity contribution in [2.45, 2.75) is 67.3 Å².